The van der Waals surface area contributed by atoms with Crippen molar-refractivity contribution in [3.63, 3.8) is 0 Å². The van der Waals surface area contributed by atoms with Crippen LogP contribution in [0.3, 0.4) is 0 Å². The van der Waals surface area contributed by atoms with E-state index in [9.17, 15) is 4.79 Å². The molecule has 3 heteroatoms. The third-order valence-electron chi connectivity index (χ3n) is 2.84. The van der Waals surface area contributed by atoms with Crippen LogP contribution in [0.2, 0.25) is 0 Å². The van der Waals surface area contributed by atoms with Crippen molar-refractivity contribution in [2.75, 3.05) is 13.1 Å². The topological polar surface area (TPSA) is 32.3 Å². The number of carbonyl (C=O) groups is 1. The minimum atomic E-state index is 0.161. The summed E-state index contributed by atoms with van der Waals surface area (Å²) in [7, 11) is 0. The fourth-order valence-electron chi connectivity index (χ4n) is 2.14. The van der Waals surface area contributed by atoms with Gasteiger partial charge in [-0.3, -0.25) is 4.79 Å². The molecule has 12 heavy (non-hydrogen) atoms. The van der Waals surface area contributed by atoms with Crippen molar-refractivity contribution in [2.45, 2.75) is 32.4 Å². The van der Waals surface area contributed by atoms with Gasteiger partial charge >= 0.3 is 0 Å². The summed E-state index contributed by atoms with van der Waals surface area (Å²) in [5.41, 5.74) is 0. The summed E-state index contributed by atoms with van der Waals surface area (Å²) in [6, 6.07) is 0.997. The second-order valence-corrected chi connectivity index (χ2v) is 4.10. The lowest BCUT2D eigenvalue weighted by molar-refractivity contribution is -0.150. The molecule has 3 aliphatic rings. The number of rotatable bonds is 1. The highest BCUT2D eigenvalue weighted by atomic mass is 16.2. The third kappa shape index (κ3) is 1.04. The van der Waals surface area contributed by atoms with E-state index < -0.39 is 0 Å². The summed E-state index contributed by atoms with van der Waals surface area (Å²) in [6.07, 6.45) is 1.21. The minimum Gasteiger partial charge on any atom is -0.334 e. The monoisotopic (exact) mass is 168 g/mol. The van der Waals surface area contributed by atoms with Gasteiger partial charge in [0.1, 0.15) is 0 Å². The van der Waals surface area contributed by atoms with Crippen LogP contribution in [-0.4, -0.2) is 36.0 Å². The molecular weight excluding hydrogens is 152 g/mol. The Labute approximate surface area is 73.1 Å². The van der Waals surface area contributed by atoms with Gasteiger partial charge in [-0.15, -0.1) is 0 Å². The van der Waals surface area contributed by atoms with Crippen LogP contribution in [0.15, 0.2) is 0 Å². The average molecular weight is 168 g/mol. The average Bonchev–Trinajstić information content (AvgIpc) is 2.05. The fraction of sp³-hybridized carbons (Fsp3) is 0.889. The number of piperidine rings is 1. The van der Waals surface area contributed by atoms with Gasteiger partial charge in [-0.25, -0.2) is 0 Å². The molecule has 3 rings (SSSR count). The van der Waals surface area contributed by atoms with Crippen molar-refractivity contribution in [1.29, 1.82) is 0 Å². The molecule has 0 spiro atoms. The van der Waals surface area contributed by atoms with E-state index in [2.05, 4.69) is 10.2 Å². The SMILES string of the molecule is CC(C)C(=O)N1[C@@H]2CNC[C@H]1C2. The van der Waals surface area contributed by atoms with Crippen molar-refractivity contribution in [3.05, 3.63) is 0 Å². The summed E-state index contributed by atoms with van der Waals surface area (Å²) in [5.74, 6) is 0.492. The first kappa shape index (κ1) is 8.05. The first-order valence-electron chi connectivity index (χ1n) is 4.73. The van der Waals surface area contributed by atoms with Gasteiger partial charge in [0.15, 0.2) is 0 Å². The maximum atomic E-state index is 11.6. The Hall–Kier alpha value is -0.570. The van der Waals surface area contributed by atoms with Gasteiger partial charge in [-0.05, 0) is 6.42 Å². The molecule has 3 nitrogen and oxygen atoms in total. The maximum absolute atomic E-state index is 11.6. The van der Waals surface area contributed by atoms with Gasteiger partial charge in [-0.2, -0.15) is 0 Å². The van der Waals surface area contributed by atoms with Crippen LogP contribution in [0, 0.1) is 5.92 Å². The lowest BCUT2D eigenvalue weighted by Gasteiger charge is -2.53. The number of nitrogens with one attached hydrogen (secondary N) is 1. The van der Waals surface area contributed by atoms with Crippen molar-refractivity contribution >= 4 is 5.91 Å². The van der Waals surface area contributed by atoms with Crippen molar-refractivity contribution in [3.8, 4) is 0 Å². The van der Waals surface area contributed by atoms with Crippen LogP contribution in [0.1, 0.15) is 20.3 Å². The number of hydrogen-bond acceptors (Lipinski definition) is 2. The third-order valence-corrected chi connectivity index (χ3v) is 2.84. The summed E-state index contributed by atoms with van der Waals surface area (Å²) in [6.45, 7) is 5.94. The molecule has 0 aromatic heterocycles. The van der Waals surface area contributed by atoms with Crippen molar-refractivity contribution in [1.82, 2.24) is 10.2 Å². The Kier molecular flexibility index (Phi) is 1.83. The van der Waals surface area contributed by atoms with E-state index in [-0.39, 0.29) is 5.92 Å². The van der Waals surface area contributed by atoms with Crippen LogP contribution in [0.5, 0.6) is 0 Å². The zero-order chi connectivity index (χ0) is 8.72. The Morgan fingerprint density at radius 2 is 2.00 bits per heavy atom. The Morgan fingerprint density at radius 3 is 2.42 bits per heavy atom. The van der Waals surface area contributed by atoms with E-state index in [1.165, 1.54) is 6.42 Å². The molecular formula is C9H16N2O. The van der Waals surface area contributed by atoms with Gasteiger partial charge in [0.25, 0.3) is 0 Å². The van der Waals surface area contributed by atoms with E-state index in [4.69, 9.17) is 0 Å². The van der Waals surface area contributed by atoms with Gasteiger partial charge in [0, 0.05) is 31.1 Å². The summed E-state index contributed by atoms with van der Waals surface area (Å²) in [4.78, 5) is 13.7. The largest absolute Gasteiger partial charge is 0.334 e. The molecule has 68 valence electrons. The Morgan fingerprint density at radius 1 is 1.42 bits per heavy atom. The molecule has 0 aromatic carbocycles. The summed E-state index contributed by atoms with van der Waals surface area (Å²) < 4.78 is 0. The minimum absolute atomic E-state index is 0.161. The summed E-state index contributed by atoms with van der Waals surface area (Å²) in [5, 5.41) is 3.31. The fourth-order valence-corrected chi connectivity index (χ4v) is 2.14. The Bertz CT molecular complexity index is 189. The second kappa shape index (κ2) is 2.73. The quantitative estimate of drug-likeness (QED) is 0.607. The number of piperazine rings is 1. The summed E-state index contributed by atoms with van der Waals surface area (Å²) >= 11 is 0. The van der Waals surface area contributed by atoms with Crippen LogP contribution >= 0.6 is 0 Å². The van der Waals surface area contributed by atoms with Crippen LogP contribution < -0.4 is 5.32 Å². The smallest absolute Gasteiger partial charge is 0.225 e. The molecule has 2 atom stereocenters. The highest BCUT2D eigenvalue weighted by Gasteiger charge is 2.44. The number of hydrogen-bond donors (Lipinski definition) is 1. The highest BCUT2D eigenvalue weighted by molar-refractivity contribution is 5.80. The van der Waals surface area contributed by atoms with Gasteiger partial charge in [0.2, 0.25) is 5.91 Å². The molecule has 0 aromatic rings. The highest BCUT2D eigenvalue weighted by Crippen LogP contribution is 2.29. The number of nitrogens with zero attached hydrogens (tertiary/aromatic N) is 1. The molecule has 3 aliphatic heterocycles. The first-order chi connectivity index (χ1) is 5.70. The van der Waals surface area contributed by atoms with Crippen LogP contribution in [0.4, 0.5) is 0 Å². The molecule has 0 aliphatic carbocycles. The normalized spacial score (nSPS) is 33.4. The number of fused-ring (bicyclic) bond motifs is 2. The second-order valence-electron chi connectivity index (χ2n) is 4.10. The molecule has 3 heterocycles. The van der Waals surface area contributed by atoms with Gasteiger partial charge in [0.05, 0.1) is 0 Å². The molecule has 0 saturated carbocycles. The zero-order valence-electron chi connectivity index (χ0n) is 7.71. The molecule has 1 amide bonds. The van der Waals surface area contributed by atoms with E-state index in [1.54, 1.807) is 0 Å². The molecule has 0 radical (unpaired) electrons. The van der Waals surface area contributed by atoms with Crippen LogP contribution in [-0.2, 0) is 4.79 Å². The predicted octanol–water partition coefficient (Wildman–Crippen LogP) is 0.215. The van der Waals surface area contributed by atoms with Gasteiger partial charge in [-0.1, -0.05) is 13.8 Å². The van der Waals surface area contributed by atoms with Crippen LogP contribution in [0.25, 0.3) is 0 Å². The molecule has 3 saturated heterocycles. The predicted molar refractivity (Wildman–Crippen MR) is 46.7 cm³/mol. The first-order valence-corrected chi connectivity index (χ1v) is 4.73. The number of amides is 1. The lowest BCUT2D eigenvalue weighted by Crippen LogP contribution is -2.69. The van der Waals surface area contributed by atoms with Gasteiger partial charge < -0.3 is 10.2 Å². The standard InChI is InChI=1S/C9H16N2O/c1-6(2)9(12)11-7-3-8(11)5-10-4-7/h6-8,10H,3-5H2,1-2H3/t7-,8+. The van der Waals surface area contributed by atoms with E-state index >= 15 is 0 Å². The molecule has 3 fully saturated rings. The van der Waals surface area contributed by atoms with E-state index in [0.29, 0.717) is 18.0 Å². The van der Waals surface area contributed by atoms with Crippen molar-refractivity contribution < 1.29 is 4.79 Å². The lowest BCUT2D eigenvalue weighted by atomic mass is 9.87. The molecule has 0 unspecified atom stereocenters. The zero-order valence-corrected chi connectivity index (χ0v) is 7.71. The van der Waals surface area contributed by atoms with E-state index in [0.717, 1.165) is 13.1 Å². The Balaban J connectivity index is 2.01. The number of carbonyl (C=O) groups excluding carboxylic acids is 1. The van der Waals surface area contributed by atoms with Crippen molar-refractivity contribution in [2.24, 2.45) is 5.92 Å². The maximum Gasteiger partial charge on any atom is 0.225 e. The molecule has 2 bridgehead atoms. The molecule has 1 N–H and O–H groups in total. The van der Waals surface area contributed by atoms with E-state index in [1.807, 2.05) is 13.8 Å².